The molecule has 1 aliphatic heterocycles. The van der Waals surface area contributed by atoms with E-state index in [4.69, 9.17) is 9.15 Å². The quantitative estimate of drug-likeness (QED) is 0.811. The van der Waals surface area contributed by atoms with E-state index in [9.17, 15) is 0 Å². The highest BCUT2D eigenvalue weighted by Gasteiger charge is 2.18. The Morgan fingerprint density at radius 3 is 2.41 bits per heavy atom. The third-order valence-electron chi connectivity index (χ3n) is 3.89. The van der Waals surface area contributed by atoms with Crippen LogP contribution in [0, 0.1) is 0 Å². The van der Waals surface area contributed by atoms with Crippen molar-refractivity contribution in [3.05, 3.63) is 42.1 Å². The standard InChI is InChI=1S/C16H22N4O2/c1-2-19-8-10-20(11-9-19)12-15-17-18-16(22-15)13-21-14-6-4-3-5-7-14/h3-7H,2,8-13H2,1H3. The first kappa shape index (κ1) is 15.0. The van der Waals surface area contributed by atoms with E-state index in [1.165, 1.54) is 0 Å². The Hall–Kier alpha value is -1.92. The first-order valence-electron chi connectivity index (χ1n) is 7.77. The molecule has 0 N–H and O–H groups in total. The molecule has 1 fully saturated rings. The molecule has 1 aromatic carbocycles. The van der Waals surface area contributed by atoms with E-state index in [2.05, 4.69) is 26.9 Å². The molecule has 6 heteroatoms. The lowest BCUT2D eigenvalue weighted by molar-refractivity contribution is 0.122. The number of aromatic nitrogens is 2. The highest BCUT2D eigenvalue weighted by molar-refractivity contribution is 5.20. The van der Waals surface area contributed by atoms with Gasteiger partial charge in [0.1, 0.15) is 5.75 Å². The van der Waals surface area contributed by atoms with Crippen molar-refractivity contribution in [2.45, 2.75) is 20.1 Å². The van der Waals surface area contributed by atoms with Crippen molar-refractivity contribution in [1.29, 1.82) is 0 Å². The number of ether oxygens (including phenoxy) is 1. The van der Waals surface area contributed by atoms with Crippen LogP contribution in [0.25, 0.3) is 0 Å². The summed E-state index contributed by atoms with van der Waals surface area (Å²) in [5, 5.41) is 8.16. The lowest BCUT2D eigenvalue weighted by atomic mass is 10.3. The van der Waals surface area contributed by atoms with Crippen LogP contribution in [0.3, 0.4) is 0 Å². The molecule has 0 aliphatic carbocycles. The van der Waals surface area contributed by atoms with Gasteiger partial charge in [-0.2, -0.15) is 0 Å². The number of rotatable bonds is 6. The second-order valence-electron chi connectivity index (χ2n) is 5.40. The Bertz CT molecular complexity index is 565. The molecule has 1 saturated heterocycles. The summed E-state index contributed by atoms with van der Waals surface area (Å²) >= 11 is 0. The van der Waals surface area contributed by atoms with Crippen molar-refractivity contribution >= 4 is 0 Å². The lowest BCUT2D eigenvalue weighted by Crippen LogP contribution is -2.45. The van der Waals surface area contributed by atoms with E-state index in [0.29, 0.717) is 18.4 Å². The molecule has 0 saturated carbocycles. The first-order chi connectivity index (χ1) is 10.8. The summed E-state index contributed by atoms with van der Waals surface area (Å²) in [6.07, 6.45) is 0. The minimum absolute atomic E-state index is 0.306. The number of para-hydroxylation sites is 1. The zero-order chi connectivity index (χ0) is 15.2. The number of hydrogen-bond donors (Lipinski definition) is 0. The van der Waals surface area contributed by atoms with Gasteiger partial charge in [-0.05, 0) is 18.7 Å². The molecule has 0 bridgehead atoms. The van der Waals surface area contributed by atoms with Gasteiger partial charge in [0, 0.05) is 26.2 Å². The molecule has 0 amide bonds. The molecular formula is C16H22N4O2. The second-order valence-corrected chi connectivity index (χ2v) is 5.40. The number of hydrogen-bond acceptors (Lipinski definition) is 6. The van der Waals surface area contributed by atoms with Crippen LogP contribution >= 0.6 is 0 Å². The van der Waals surface area contributed by atoms with Gasteiger partial charge in [-0.3, -0.25) is 4.90 Å². The average molecular weight is 302 g/mol. The highest BCUT2D eigenvalue weighted by atomic mass is 16.5. The molecule has 0 spiro atoms. The normalized spacial score (nSPS) is 16.8. The smallest absolute Gasteiger partial charge is 0.253 e. The number of piperazine rings is 1. The summed E-state index contributed by atoms with van der Waals surface area (Å²) in [5.74, 6) is 1.99. The van der Waals surface area contributed by atoms with E-state index in [-0.39, 0.29) is 0 Å². The highest BCUT2D eigenvalue weighted by Crippen LogP contribution is 2.12. The van der Waals surface area contributed by atoms with E-state index in [1.807, 2.05) is 30.3 Å². The van der Waals surface area contributed by atoms with Crippen LogP contribution in [0.5, 0.6) is 5.75 Å². The predicted octanol–water partition coefficient (Wildman–Crippen LogP) is 1.79. The van der Waals surface area contributed by atoms with Gasteiger partial charge in [0.2, 0.25) is 5.89 Å². The molecule has 2 heterocycles. The zero-order valence-corrected chi connectivity index (χ0v) is 12.9. The van der Waals surface area contributed by atoms with Crippen LogP contribution in [0.2, 0.25) is 0 Å². The zero-order valence-electron chi connectivity index (χ0n) is 12.9. The van der Waals surface area contributed by atoms with Gasteiger partial charge in [0.25, 0.3) is 5.89 Å². The predicted molar refractivity (Wildman–Crippen MR) is 82.5 cm³/mol. The molecule has 118 valence electrons. The molecule has 6 nitrogen and oxygen atoms in total. The first-order valence-corrected chi connectivity index (χ1v) is 7.77. The van der Waals surface area contributed by atoms with Crippen LogP contribution in [-0.2, 0) is 13.2 Å². The fraction of sp³-hybridized carbons (Fsp3) is 0.500. The molecule has 2 aromatic rings. The van der Waals surface area contributed by atoms with E-state index < -0.39 is 0 Å². The van der Waals surface area contributed by atoms with Gasteiger partial charge in [0.05, 0.1) is 6.54 Å². The molecule has 0 radical (unpaired) electrons. The Labute approximate surface area is 130 Å². The van der Waals surface area contributed by atoms with Gasteiger partial charge < -0.3 is 14.1 Å². The van der Waals surface area contributed by atoms with Crippen molar-refractivity contribution in [3.8, 4) is 5.75 Å². The van der Waals surface area contributed by atoms with Crippen LogP contribution in [-0.4, -0.2) is 52.7 Å². The molecule has 1 aromatic heterocycles. The molecule has 1 aliphatic rings. The number of benzene rings is 1. The molecule has 3 rings (SSSR count). The lowest BCUT2D eigenvalue weighted by Gasteiger charge is -2.33. The minimum atomic E-state index is 0.306. The summed E-state index contributed by atoms with van der Waals surface area (Å²) in [6.45, 7) is 8.65. The van der Waals surface area contributed by atoms with Gasteiger partial charge in [-0.25, -0.2) is 0 Å². The summed E-state index contributed by atoms with van der Waals surface area (Å²) in [4.78, 5) is 4.80. The average Bonchev–Trinajstić information content (AvgIpc) is 3.02. The molecule has 0 atom stereocenters. The maximum atomic E-state index is 5.66. The minimum Gasteiger partial charge on any atom is -0.484 e. The van der Waals surface area contributed by atoms with Gasteiger partial charge >= 0.3 is 0 Å². The van der Waals surface area contributed by atoms with E-state index in [1.54, 1.807) is 0 Å². The Kier molecular flexibility index (Phi) is 5.03. The van der Waals surface area contributed by atoms with Gasteiger partial charge in [-0.1, -0.05) is 25.1 Å². The van der Waals surface area contributed by atoms with Crippen LogP contribution in [0.15, 0.2) is 34.7 Å². The molecule has 0 unspecified atom stereocenters. The molecule has 22 heavy (non-hydrogen) atoms. The van der Waals surface area contributed by atoms with Gasteiger partial charge in [-0.15, -0.1) is 10.2 Å². The number of likely N-dealkylation sites (N-methyl/N-ethyl adjacent to an activating group) is 1. The summed E-state index contributed by atoms with van der Waals surface area (Å²) in [6, 6.07) is 9.64. The summed E-state index contributed by atoms with van der Waals surface area (Å²) in [5.41, 5.74) is 0. The molecular weight excluding hydrogens is 280 g/mol. The fourth-order valence-electron chi connectivity index (χ4n) is 2.53. The monoisotopic (exact) mass is 302 g/mol. The fourth-order valence-corrected chi connectivity index (χ4v) is 2.53. The van der Waals surface area contributed by atoms with Gasteiger partial charge in [0.15, 0.2) is 6.61 Å². The topological polar surface area (TPSA) is 54.6 Å². The van der Waals surface area contributed by atoms with E-state index in [0.717, 1.165) is 45.0 Å². The van der Waals surface area contributed by atoms with Crippen molar-refractivity contribution in [3.63, 3.8) is 0 Å². The van der Waals surface area contributed by atoms with E-state index >= 15 is 0 Å². The maximum Gasteiger partial charge on any atom is 0.253 e. The number of nitrogens with zero attached hydrogens (tertiary/aromatic N) is 4. The largest absolute Gasteiger partial charge is 0.484 e. The Morgan fingerprint density at radius 1 is 1.00 bits per heavy atom. The van der Waals surface area contributed by atoms with Crippen molar-refractivity contribution in [1.82, 2.24) is 20.0 Å². The maximum absolute atomic E-state index is 5.66. The van der Waals surface area contributed by atoms with Crippen LogP contribution in [0.1, 0.15) is 18.7 Å². The third-order valence-corrected chi connectivity index (χ3v) is 3.89. The van der Waals surface area contributed by atoms with Crippen LogP contribution in [0.4, 0.5) is 0 Å². The summed E-state index contributed by atoms with van der Waals surface area (Å²) in [7, 11) is 0. The SMILES string of the molecule is CCN1CCN(Cc2nnc(COc3ccccc3)o2)CC1. The van der Waals surface area contributed by atoms with Crippen molar-refractivity contribution < 1.29 is 9.15 Å². The Morgan fingerprint density at radius 2 is 1.68 bits per heavy atom. The third kappa shape index (κ3) is 4.05. The second kappa shape index (κ2) is 7.38. The van der Waals surface area contributed by atoms with Crippen molar-refractivity contribution in [2.24, 2.45) is 0 Å². The summed E-state index contributed by atoms with van der Waals surface area (Å²) < 4.78 is 11.3. The van der Waals surface area contributed by atoms with Crippen LogP contribution < -0.4 is 4.74 Å². The van der Waals surface area contributed by atoms with Crippen molar-refractivity contribution in [2.75, 3.05) is 32.7 Å². The Balaban J connectivity index is 1.47.